The lowest BCUT2D eigenvalue weighted by molar-refractivity contribution is -0.113. The molecule has 1 aromatic carbocycles. The molecule has 4 rings (SSSR count). The van der Waals surface area contributed by atoms with E-state index in [1.165, 1.54) is 0 Å². The number of anilines is 1. The lowest BCUT2D eigenvalue weighted by atomic mass is 9.83. The molecule has 1 amide bonds. The van der Waals surface area contributed by atoms with E-state index < -0.39 is 10.0 Å². The highest BCUT2D eigenvalue weighted by Crippen LogP contribution is 2.41. The minimum absolute atomic E-state index is 0.124. The third kappa shape index (κ3) is 3.90. The average molecular weight is 417 g/mol. The van der Waals surface area contributed by atoms with Crippen LogP contribution in [-0.2, 0) is 21.2 Å². The zero-order valence-electron chi connectivity index (χ0n) is 17.1. The van der Waals surface area contributed by atoms with E-state index in [0.717, 1.165) is 24.2 Å². The molecule has 1 fully saturated rings. The summed E-state index contributed by atoms with van der Waals surface area (Å²) >= 11 is 0. The highest BCUT2D eigenvalue weighted by Gasteiger charge is 2.34. The number of fused-ring (bicyclic) bond motifs is 1. The number of hydrogen-bond donors (Lipinski definition) is 2. The molecule has 156 valence electrons. The first kappa shape index (κ1) is 20.3. The third-order valence-corrected chi connectivity index (χ3v) is 7.47. The molecule has 8 heteroatoms. The van der Waals surface area contributed by atoms with Crippen LogP contribution in [0.2, 0.25) is 0 Å². The van der Waals surface area contributed by atoms with Gasteiger partial charge in [0.15, 0.2) is 0 Å². The first-order chi connectivity index (χ1) is 13.8. The van der Waals surface area contributed by atoms with Gasteiger partial charge >= 0.3 is 0 Å². The fourth-order valence-electron chi connectivity index (χ4n) is 4.33. The molecule has 2 N–H and O–H groups in total. The quantitative estimate of drug-likeness (QED) is 0.786. The summed E-state index contributed by atoms with van der Waals surface area (Å²) in [5, 5.41) is 4.71. The largest absolute Gasteiger partial charge is 0.322 e. The van der Waals surface area contributed by atoms with Gasteiger partial charge in [0.1, 0.15) is 0 Å². The van der Waals surface area contributed by atoms with Gasteiger partial charge in [-0.1, -0.05) is 32.1 Å². The van der Waals surface area contributed by atoms with Crippen molar-refractivity contribution < 1.29 is 13.2 Å². The van der Waals surface area contributed by atoms with Crippen LogP contribution < -0.4 is 10.1 Å². The third-order valence-electron chi connectivity index (χ3n) is 6.01. The highest BCUT2D eigenvalue weighted by atomic mass is 32.2. The molecule has 0 radical (unpaired) electrons. The van der Waals surface area contributed by atoms with Crippen LogP contribution in [0, 0.1) is 5.92 Å². The fraction of sp³-hybridized carbons (Fsp3) is 0.476. The van der Waals surface area contributed by atoms with E-state index >= 15 is 0 Å². The monoisotopic (exact) mass is 416 g/mol. The van der Waals surface area contributed by atoms with Crippen LogP contribution in [0.3, 0.4) is 0 Å². The second-order valence-electron chi connectivity index (χ2n) is 8.25. The number of benzene rings is 1. The van der Waals surface area contributed by atoms with Crippen molar-refractivity contribution in [3.8, 4) is 0 Å². The number of rotatable bonds is 3. The molecule has 1 aromatic rings. The van der Waals surface area contributed by atoms with Crippen LogP contribution in [-0.4, -0.2) is 57.5 Å². The number of amides is 1. The number of carbonyl (C=O) groups is 1. The average Bonchev–Trinajstić information content (AvgIpc) is 2.70. The fourth-order valence-corrected chi connectivity index (χ4v) is 5.72. The van der Waals surface area contributed by atoms with Crippen molar-refractivity contribution in [1.29, 1.82) is 0 Å². The van der Waals surface area contributed by atoms with Crippen molar-refractivity contribution >= 4 is 21.6 Å². The van der Waals surface area contributed by atoms with E-state index in [-0.39, 0.29) is 17.7 Å². The Labute approximate surface area is 172 Å². The molecular weight excluding hydrogens is 388 g/mol. The van der Waals surface area contributed by atoms with Gasteiger partial charge in [-0.3, -0.25) is 4.79 Å². The van der Waals surface area contributed by atoms with Gasteiger partial charge < -0.3 is 10.2 Å². The van der Waals surface area contributed by atoms with Crippen molar-refractivity contribution in [3.05, 3.63) is 47.1 Å². The summed E-state index contributed by atoms with van der Waals surface area (Å²) in [5.41, 5.74) is 3.07. The molecular formula is C21H28N4O3S. The molecule has 2 bridgehead atoms. The summed E-state index contributed by atoms with van der Waals surface area (Å²) < 4.78 is 26.7. The van der Waals surface area contributed by atoms with Gasteiger partial charge in [-0.2, -0.15) is 0 Å². The van der Waals surface area contributed by atoms with Gasteiger partial charge in [0.05, 0.1) is 4.90 Å². The molecule has 1 saturated heterocycles. The molecule has 0 aromatic heterocycles. The Bertz CT molecular complexity index is 991. The topological polar surface area (TPSA) is 81.8 Å². The SMILES string of the molecule is CC1/C2=C\C=C/[C@H](C)Cc3c(S(=O)(=O)NN4CCN(C)CC4)ccc(c31)NC2=O. The maximum Gasteiger partial charge on any atom is 0.253 e. The van der Waals surface area contributed by atoms with Crippen molar-refractivity contribution in [2.24, 2.45) is 5.92 Å². The minimum Gasteiger partial charge on any atom is -0.322 e. The molecule has 3 aliphatic rings. The molecule has 2 atom stereocenters. The van der Waals surface area contributed by atoms with E-state index in [9.17, 15) is 13.2 Å². The maximum atomic E-state index is 13.3. The number of carbonyl (C=O) groups excluding carboxylic acids is 1. The van der Waals surface area contributed by atoms with Crippen molar-refractivity contribution in [1.82, 2.24) is 14.7 Å². The smallest absolute Gasteiger partial charge is 0.253 e. The zero-order chi connectivity index (χ0) is 20.8. The first-order valence-electron chi connectivity index (χ1n) is 10.1. The van der Waals surface area contributed by atoms with E-state index in [4.69, 9.17) is 0 Å². The standard InChI is InChI=1S/C21H28N4O3S/c1-14-5-4-6-16-15(2)20-17(13-14)19(8-7-18(20)22-21(16)26)29(27,28)23-25-11-9-24(3)10-12-25/h4-8,14-15,23H,9-13H2,1-3H3,(H,22,26)/b5-4-,16-6+/t14-,15?/m0/s1. The Morgan fingerprint density at radius 3 is 2.59 bits per heavy atom. The van der Waals surface area contributed by atoms with Crippen molar-refractivity contribution in [2.75, 3.05) is 38.5 Å². The molecule has 0 saturated carbocycles. The number of sulfonamides is 1. The van der Waals surface area contributed by atoms with Crippen LogP contribution in [0.15, 0.2) is 40.8 Å². The van der Waals surface area contributed by atoms with Gasteiger partial charge in [-0.05, 0) is 42.6 Å². The molecule has 29 heavy (non-hydrogen) atoms. The lowest BCUT2D eigenvalue weighted by Gasteiger charge is -2.33. The second kappa shape index (κ2) is 7.68. The normalized spacial score (nSPS) is 28.5. The van der Waals surface area contributed by atoms with Crippen LogP contribution in [0.4, 0.5) is 5.69 Å². The number of hydrazine groups is 1. The molecule has 2 heterocycles. The summed E-state index contributed by atoms with van der Waals surface area (Å²) in [5.74, 6) is -0.138. The minimum atomic E-state index is -3.73. The highest BCUT2D eigenvalue weighted by molar-refractivity contribution is 7.89. The predicted octanol–water partition coefficient (Wildman–Crippen LogP) is 1.86. The Morgan fingerprint density at radius 2 is 1.86 bits per heavy atom. The Kier molecular flexibility index (Phi) is 5.37. The van der Waals surface area contributed by atoms with Crippen LogP contribution in [0.5, 0.6) is 0 Å². The van der Waals surface area contributed by atoms with Gasteiger partial charge in [-0.15, -0.1) is 4.83 Å². The number of nitrogens with zero attached hydrogens (tertiary/aromatic N) is 2. The van der Waals surface area contributed by atoms with E-state index in [1.807, 2.05) is 32.2 Å². The zero-order valence-corrected chi connectivity index (χ0v) is 17.9. The Balaban J connectivity index is 1.78. The molecule has 7 nitrogen and oxygen atoms in total. The summed E-state index contributed by atoms with van der Waals surface area (Å²) in [6, 6.07) is 3.35. The summed E-state index contributed by atoms with van der Waals surface area (Å²) in [7, 11) is -1.70. The predicted molar refractivity (Wildman–Crippen MR) is 113 cm³/mol. The van der Waals surface area contributed by atoms with E-state index in [1.54, 1.807) is 17.1 Å². The van der Waals surface area contributed by atoms with Gasteiger partial charge in [0, 0.05) is 43.4 Å². The number of hydrogen-bond acceptors (Lipinski definition) is 5. The van der Waals surface area contributed by atoms with Crippen LogP contribution in [0.25, 0.3) is 0 Å². The summed E-state index contributed by atoms with van der Waals surface area (Å²) in [4.78, 5) is 17.8. The van der Waals surface area contributed by atoms with Gasteiger partial charge in [0.25, 0.3) is 15.9 Å². The van der Waals surface area contributed by atoms with E-state index in [2.05, 4.69) is 22.0 Å². The summed E-state index contributed by atoms with van der Waals surface area (Å²) in [6.45, 7) is 6.97. The Morgan fingerprint density at radius 1 is 1.14 bits per heavy atom. The van der Waals surface area contributed by atoms with Crippen molar-refractivity contribution in [3.63, 3.8) is 0 Å². The van der Waals surface area contributed by atoms with E-state index in [0.29, 0.717) is 35.7 Å². The number of piperazine rings is 1. The van der Waals surface area contributed by atoms with Gasteiger partial charge in [-0.25, -0.2) is 13.4 Å². The second-order valence-corrected chi connectivity index (χ2v) is 9.88. The summed E-state index contributed by atoms with van der Waals surface area (Å²) in [6.07, 6.45) is 6.37. The Hall–Kier alpha value is -2.00. The van der Waals surface area contributed by atoms with Crippen LogP contribution in [0.1, 0.15) is 30.9 Å². The molecule has 0 spiro atoms. The maximum absolute atomic E-state index is 13.3. The number of allylic oxidation sites excluding steroid dienone is 3. The lowest BCUT2D eigenvalue weighted by Crippen LogP contribution is -2.52. The first-order valence-corrected chi connectivity index (χ1v) is 11.6. The van der Waals surface area contributed by atoms with Crippen molar-refractivity contribution in [2.45, 2.75) is 31.1 Å². The number of nitrogens with one attached hydrogen (secondary N) is 2. The molecule has 2 aliphatic heterocycles. The van der Waals surface area contributed by atoms with Crippen LogP contribution >= 0.6 is 0 Å². The molecule has 1 unspecified atom stereocenters. The number of likely N-dealkylation sites (N-methyl/N-ethyl adjacent to an activating group) is 1. The molecule has 1 aliphatic carbocycles. The van der Waals surface area contributed by atoms with Gasteiger partial charge in [0.2, 0.25) is 0 Å².